The Hall–Kier alpha value is -2.95. The number of unbranched alkanes of at least 4 members (excludes halogenated alkanes) is 4. The zero-order chi connectivity index (χ0) is 21.6. The third-order valence-corrected chi connectivity index (χ3v) is 4.82. The molecule has 2 aromatic rings. The van der Waals surface area contributed by atoms with E-state index in [1.165, 1.54) is 19.3 Å². The number of hydrogen-bond donors (Lipinski definition) is 2. The second-order valence-corrected chi connectivity index (χ2v) is 7.41. The summed E-state index contributed by atoms with van der Waals surface area (Å²) in [5.41, 5.74) is 5.71. The van der Waals surface area contributed by atoms with Crippen molar-refractivity contribution in [3.05, 3.63) is 65.7 Å². The van der Waals surface area contributed by atoms with Crippen molar-refractivity contribution >= 4 is 23.2 Å². The van der Waals surface area contributed by atoms with Crippen LogP contribution in [0.25, 0.3) is 0 Å². The number of anilines is 1. The zero-order valence-corrected chi connectivity index (χ0v) is 18.1. The van der Waals surface area contributed by atoms with Gasteiger partial charge < -0.3 is 5.32 Å². The van der Waals surface area contributed by atoms with Crippen molar-refractivity contribution in [1.29, 1.82) is 0 Å². The van der Waals surface area contributed by atoms with Gasteiger partial charge in [-0.3, -0.25) is 9.59 Å². The van der Waals surface area contributed by atoms with Gasteiger partial charge in [0.05, 0.1) is 5.71 Å². The maximum Gasteiger partial charge on any atom is 0.271 e. The van der Waals surface area contributed by atoms with E-state index in [0.29, 0.717) is 17.7 Å². The van der Waals surface area contributed by atoms with E-state index < -0.39 is 0 Å². The minimum Gasteiger partial charge on any atom is -0.326 e. The van der Waals surface area contributed by atoms with Gasteiger partial charge >= 0.3 is 0 Å². The molecular formula is C25H33N3O2. The van der Waals surface area contributed by atoms with Gasteiger partial charge in [-0.15, -0.1) is 0 Å². The number of nitrogens with zero attached hydrogens (tertiary/aromatic N) is 1. The van der Waals surface area contributed by atoms with Gasteiger partial charge in [0, 0.05) is 17.7 Å². The molecule has 30 heavy (non-hydrogen) atoms. The van der Waals surface area contributed by atoms with E-state index in [4.69, 9.17) is 0 Å². The van der Waals surface area contributed by atoms with Gasteiger partial charge in [-0.1, -0.05) is 76.3 Å². The van der Waals surface area contributed by atoms with Crippen LogP contribution in [0.3, 0.4) is 0 Å². The molecule has 0 saturated heterocycles. The molecule has 0 fully saturated rings. The lowest BCUT2D eigenvalue weighted by molar-refractivity contribution is -0.116. The predicted molar refractivity (Wildman–Crippen MR) is 124 cm³/mol. The average molecular weight is 408 g/mol. The number of amides is 2. The van der Waals surface area contributed by atoms with Crippen LogP contribution in [0.15, 0.2) is 59.7 Å². The summed E-state index contributed by atoms with van der Waals surface area (Å²) in [6.45, 7) is 4.26. The molecule has 0 spiro atoms. The zero-order valence-electron chi connectivity index (χ0n) is 18.1. The first-order valence-corrected chi connectivity index (χ1v) is 11.0. The third kappa shape index (κ3) is 8.19. The van der Waals surface area contributed by atoms with Gasteiger partial charge in [0.1, 0.15) is 0 Å². The molecule has 0 saturated carbocycles. The van der Waals surface area contributed by atoms with E-state index in [0.717, 1.165) is 37.0 Å². The van der Waals surface area contributed by atoms with Crippen LogP contribution in [-0.2, 0) is 4.79 Å². The number of hydrogen-bond acceptors (Lipinski definition) is 3. The molecule has 0 heterocycles. The highest BCUT2D eigenvalue weighted by Gasteiger charge is 2.08. The molecule has 0 aromatic heterocycles. The number of carbonyl (C=O) groups is 2. The van der Waals surface area contributed by atoms with E-state index in [2.05, 4.69) is 29.7 Å². The van der Waals surface area contributed by atoms with Crippen molar-refractivity contribution in [3.8, 4) is 0 Å². The second kappa shape index (κ2) is 13.3. The van der Waals surface area contributed by atoms with Gasteiger partial charge in [-0.05, 0) is 42.7 Å². The third-order valence-electron chi connectivity index (χ3n) is 4.82. The van der Waals surface area contributed by atoms with E-state index >= 15 is 0 Å². The maximum absolute atomic E-state index is 12.4. The first-order valence-electron chi connectivity index (χ1n) is 11.0. The van der Waals surface area contributed by atoms with Crippen molar-refractivity contribution in [2.45, 2.75) is 65.2 Å². The topological polar surface area (TPSA) is 70.6 Å². The molecule has 0 bridgehead atoms. The van der Waals surface area contributed by atoms with Crippen LogP contribution in [0, 0.1) is 0 Å². The first-order chi connectivity index (χ1) is 14.6. The Morgan fingerprint density at radius 3 is 2.13 bits per heavy atom. The summed E-state index contributed by atoms with van der Waals surface area (Å²) in [6.07, 6.45) is 7.85. The molecule has 0 atom stereocenters. The van der Waals surface area contributed by atoms with E-state index in [9.17, 15) is 9.59 Å². The van der Waals surface area contributed by atoms with E-state index in [-0.39, 0.29) is 11.8 Å². The van der Waals surface area contributed by atoms with Gasteiger partial charge in [0.15, 0.2) is 0 Å². The SMILES string of the molecule is CCCCCCCC(=O)Nc1ccc(C(=O)N/N=C(\CCC)c2ccccc2)cc1. The van der Waals surface area contributed by atoms with Crippen LogP contribution in [0.1, 0.15) is 81.1 Å². The molecule has 0 radical (unpaired) electrons. The van der Waals surface area contributed by atoms with Crippen LogP contribution < -0.4 is 10.7 Å². The first kappa shape index (κ1) is 23.3. The Labute approximate surface area is 180 Å². The van der Waals surface area contributed by atoms with Gasteiger partial charge in [0.2, 0.25) is 5.91 Å². The summed E-state index contributed by atoms with van der Waals surface area (Å²) < 4.78 is 0. The van der Waals surface area contributed by atoms with Crippen molar-refractivity contribution in [2.75, 3.05) is 5.32 Å². The fraction of sp³-hybridized carbons (Fsp3) is 0.400. The summed E-state index contributed by atoms with van der Waals surface area (Å²) in [6, 6.07) is 16.7. The fourth-order valence-electron chi connectivity index (χ4n) is 3.13. The summed E-state index contributed by atoms with van der Waals surface area (Å²) in [5.74, 6) is -0.256. The quantitative estimate of drug-likeness (QED) is 0.260. The largest absolute Gasteiger partial charge is 0.326 e. The van der Waals surface area contributed by atoms with Crippen LogP contribution in [0.4, 0.5) is 5.69 Å². The molecule has 2 N–H and O–H groups in total. The summed E-state index contributed by atoms with van der Waals surface area (Å²) in [5, 5.41) is 7.22. The number of nitrogens with one attached hydrogen (secondary N) is 2. The Morgan fingerprint density at radius 1 is 0.767 bits per heavy atom. The van der Waals surface area contributed by atoms with Crippen molar-refractivity contribution in [3.63, 3.8) is 0 Å². The molecule has 0 aliphatic carbocycles. The molecular weight excluding hydrogens is 374 g/mol. The standard InChI is InChI=1S/C25H33N3O2/c1-3-5-6-7-11-15-24(29)26-22-18-16-21(17-19-22)25(30)28-27-23(12-4-2)20-13-9-8-10-14-20/h8-10,13-14,16-19H,3-7,11-12,15H2,1-2H3,(H,26,29)(H,28,30)/b27-23+. The lowest BCUT2D eigenvalue weighted by Gasteiger charge is -2.08. The van der Waals surface area contributed by atoms with Gasteiger partial charge in [-0.2, -0.15) is 5.10 Å². The predicted octanol–water partition coefficient (Wildman–Crippen LogP) is 5.92. The summed E-state index contributed by atoms with van der Waals surface area (Å²) >= 11 is 0. The average Bonchev–Trinajstić information content (AvgIpc) is 2.77. The van der Waals surface area contributed by atoms with Gasteiger partial charge in [-0.25, -0.2) is 5.43 Å². The number of hydrazone groups is 1. The Bertz CT molecular complexity index is 814. The number of benzene rings is 2. The molecule has 0 aliphatic heterocycles. The van der Waals surface area contributed by atoms with Crippen LogP contribution in [-0.4, -0.2) is 17.5 Å². The molecule has 2 aromatic carbocycles. The van der Waals surface area contributed by atoms with Crippen LogP contribution >= 0.6 is 0 Å². The highest BCUT2D eigenvalue weighted by molar-refractivity contribution is 6.02. The molecule has 0 aliphatic rings. The molecule has 2 amide bonds. The minimum absolute atomic E-state index is 0.0142. The Morgan fingerprint density at radius 2 is 1.47 bits per heavy atom. The molecule has 160 valence electrons. The smallest absolute Gasteiger partial charge is 0.271 e. The van der Waals surface area contributed by atoms with Crippen LogP contribution in [0.5, 0.6) is 0 Å². The highest BCUT2D eigenvalue weighted by Crippen LogP contribution is 2.12. The normalized spacial score (nSPS) is 11.2. The van der Waals surface area contributed by atoms with E-state index in [1.54, 1.807) is 24.3 Å². The minimum atomic E-state index is -0.270. The van der Waals surface area contributed by atoms with Gasteiger partial charge in [0.25, 0.3) is 5.91 Å². The van der Waals surface area contributed by atoms with Crippen molar-refractivity contribution < 1.29 is 9.59 Å². The van der Waals surface area contributed by atoms with Crippen molar-refractivity contribution in [2.24, 2.45) is 5.10 Å². The summed E-state index contributed by atoms with van der Waals surface area (Å²) in [4.78, 5) is 24.5. The molecule has 0 unspecified atom stereocenters. The van der Waals surface area contributed by atoms with E-state index in [1.807, 2.05) is 30.3 Å². The van der Waals surface area contributed by atoms with Crippen LogP contribution in [0.2, 0.25) is 0 Å². The molecule has 5 nitrogen and oxygen atoms in total. The van der Waals surface area contributed by atoms with Crippen molar-refractivity contribution in [1.82, 2.24) is 5.43 Å². The lowest BCUT2D eigenvalue weighted by atomic mass is 10.1. The molecule has 2 rings (SSSR count). The maximum atomic E-state index is 12.4. The molecule has 5 heteroatoms. The number of carbonyl (C=O) groups excluding carboxylic acids is 2. The number of rotatable bonds is 12. The summed E-state index contributed by atoms with van der Waals surface area (Å²) in [7, 11) is 0. The second-order valence-electron chi connectivity index (χ2n) is 7.41. The fourth-order valence-corrected chi connectivity index (χ4v) is 3.13. The Kier molecular flexibility index (Phi) is 10.3. The lowest BCUT2D eigenvalue weighted by Crippen LogP contribution is -2.20. The Balaban J connectivity index is 1.87. The monoisotopic (exact) mass is 407 g/mol. The highest BCUT2D eigenvalue weighted by atomic mass is 16.2.